The van der Waals surface area contributed by atoms with Crippen LogP contribution in [-0.2, 0) is 17.0 Å². The van der Waals surface area contributed by atoms with Crippen molar-refractivity contribution in [2.24, 2.45) is 0 Å². The van der Waals surface area contributed by atoms with Gasteiger partial charge in [0.15, 0.2) is 0 Å². The van der Waals surface area contributed by atoms with Gasteiger partial charge in [-0.3, -0.25) is 4.68 Å². The van der Waals surface area contributed by atoms with E-state index >= 15 is 0 Å². The molecule has 0 bridgehead atoms. The number of halogens is 1. The van der Waals surface area contributed by atoms with E-state index in [1.54, 1.807) is 12.5 Å². The fraction of sp³-hybridized carbons (Fsp3) is 0.500. The summed E-state index contributed by atoms with van der Waals surface area (Å²) in [5, 5.41) is 18.3. The fourth-order valence-corrected chi connectivity index (χ4v) is 4.62. The highest BCUT2D eigenvalue weighted by Crippen LogP contribution is 2.34. The molecule has 4 heterocycles. The molecular formula is C20H26ClN7OSi. The second-order valence-electron chi connectivity index (χ2n) is 9.05. The van der Waals surface area contributed by atoms with Crippen LogP contribution in [0, 0.1) is 11.3 Å². The molecule has 0 radical (unpaired) electrons. The molecular weight excluding hydrogens is 418 g/mol. The van der Waals surface area contributed by atoms with Crippen LogP contribution in [0.2, 0.25) is 30.7 Å². The first-order valence-electron chi connectivity index (χ1n) is 10.0. The van der Waals surface area contributed by atoms with E-state index in [2.05, 4.69) is 46.1 Å². The maximum atomic E-state index is 9.20. The lowest BCUT2D eigenvalue weighted by atomic mass is 9.89. The summed E-state index contributed by atoms with van der Waals surface area (Å²) in [5.41, 5.74) is 2.03. The highest BCUT2D eigenvalue weighted by molar-refractivity contribution is 6.76. The first-order chi connectivity index (χ1) is 14.3. The third-order valence-corrected chi connectivity index (χ3v) is 7.48. The largest absolute Gasteiger partial charge is 0.361 e. The summed E-state index contributed by atoms with van der Waals surface area (Å²) in [7, 11) is -1.13. The molecule has 1 fully saturated rings. The van der Waals surface area contributed by atoms with E-state index in [0.717, 1.165) is 48.0 Å². The Morgan fingerprint density at radius 3 is 2.77 bits per heavy atom. The van der Waals surface area contributed by atoms with E-state index in [4.69, 9.17) is 16.3 Å². The van der Waals surface area contributed by atoms with Crippen molar-refractivity contribution >= 4 is 30.7 Å². The Morgan fingerprint density at radius 1 is 1.30 bits per heavy atom. The van der Waals surface area contributed by atoms with Crippen LogP contribution in [0.1, 0.15) is 6.42 Å². The average molecular weight is 444 g/mol. The number of ether oxygens (including phenoxy) is 1. The summed E-state index contributed by atoms with van der Waals surface area (Å²) in [4.78, 5) is 8.93. The van der Waals surface area contributed by atoms with Crippen molar-refractivity contribution in [3.8, 4) is 17.3 Å². The summed E-state index contributed by atoms with van der Waals surface area (Å²) in [6, 6.07) is 3.38. The summed E-state index contributed by atoms with van der Waals surface area (Å²) in [6.07, 6.45) is 7.51. The van der Waals surface area contributed by atoms with Gasteiger partial charge in [-0.15, -0.1) is 0 Å². The maximum Gasteiger partial charge on any atom is 0.147 e. The summed E-state index contributed by atoms with van der Waals surface area (Å²) in [6.45, 7) is 9.59. The van der Waals surface area contributed by atoms with Gasteiger partial charge in [0.25, 0.3) is 0 Å². The van der Waals surface area contributed by atoms with Gasteiger partial charge in [-0.25, -0.2) is 9.97 Å². The van der Waals surface area contributed by atoms with Crippen molar-refractivity contribution in [2.45, 2.75) is 44.4 Å². The summed E-state index contributed by atoms with van der Waals surface area (Å²) >= 11 is 6.57. The molecule has 158 valence electrons. The number of nitriles is 1. The molecule has 0 saturated carbocycles. The van der Waals surface area contributed by atoms with Crippen molar-refractivity contribution in [1.82, 2.24) is 29.6 Å². The second-order valence-corrected chi connectivity index (χ2v) is 15.1. The zero-order chi connectivity index (χ0) is 21.4. The molecule has 1 aliphatic heterocycles. The number of fused-ring (bicyclic) bond motifs is 1. The molecule has 1 N–H and O–H groups in total. The SMILES string of the molecule is C[Si](C)(C)CCOCn1cc(Cl)c2c(-c3cnn(C4(CC#N)CNC4)c3)ncnc21. The van der Waals surface area contributed by atoms with Crippen LogP contribution in [0.25, 0.3) is 22.3 Å². The lowest BCUT2D eigenvalue weighted by Gasteiger charge is -2.41. The highest BCUT2D eigenvalue weighted by Gasteiger charge is 2.39. The van der Waals surface area contributed by atoms with Crippen molar-refractivity contribution in [3.05, 3.63) is 29.9 Å². The number of hydrogen-bond acceptors (Lipinski definition) is 6. The van der Waals surface area contributed by atoms with Crippen LogP contribution in [-0.4, -0.2) is 52.1 Å². The first-order valence-corrected chi connectivity index (χ1v) is 14.1. The molecule has 0 spiro atoms. The van der Waals surface area contributed by atoms with Crippen molar-refractivity contribution in [3.63, 3.8) is 0 Å². The molecule has 10 heteroatoms. The Hall–Kier alpha value is -2.25. The van der Waals surface area contributed by atoms with E-state index in [-0.39, 0.29) is 5.54 Å². The molecule has 0 aromatic carbocycles. The van der Waals surface area contributed by atoms with E-state index in [1.807, 2.05) is 21.6 Å². The smallest absolute Gasteiger partial charge is 0.147 e. The summed E-state index contributed by atoms with van der Waals surface area (Å²) in [5.74, 6) is 0. The highest BCUT2D eigenvalue weighted by atomic mass is 35.5. The molecule has 0 atom stereocenters. The van der Waals surface area contributed by atoms with Crippen molar-refractivity contribution in [1.29, 1.82) is 5.26 Å². The van der Waals surface area contributed by atoms with E-state index in [0.29, 0.717) is 18.2 Å². The van der Waals surface area contributed by atoms with Crippen LogP contribution in [0.15, 0.2) is 24.9 Å². The standard InChI is InChI=1S/C20H26ClN7OSi/c1-30(2,3)7-6-29-14-27-10-16(21)17-18(24-13-25-19(17)27)15-8-26-28(9-15)20(4-5-22)11-23-12-20/h8-10,13,23H,4,6-7,11-12,14H2,1-3H3. The van der Waals surface area contributed by atoms with Crippen LogP contribution in [0.3, 0.4) is 0 Å². The predicted octanol–water partition coefficient (Wildman–Crippen LogP) is 3.47. The molecule has 8 nitrogen and oxygen atoms in total. The fourth-order valence-electron chi connectivity index (χ4n) is 3.57. The van der Waals surface area contributed by atoms with Crippen LogP contribution in [0.5, 0.6) is 0 Å². The minimum Gasteiger partial charge on any atom is -0.361 e. The Labute approximate surface area is 181 Å². The van der Waals surface area contributed by atoms with Crippen LogP contribution < -0.4 is 5.32 Å². The molecule has 0 amide bonds. The average Bonchev–Trinajstić information content (AvgIpc) is 3.27. The van der Waals surface area contributed by atoms with Gasteiger partial charge in [0.05, 0.1) is 34.8 Å². The molecule has 3 aromatic heterocycles. The van der Waals surface area contributed by atoms with Gasteiger partial charge in [0.2, 0.25) is 0 Å². The predicted molar refractivity (Wildman–Crippen MR) is 119 cm³/mol. The van der Waals surface area contributed by atoms with Gasteiger partial charge in [-0.1, -0.05) is 31.2 Å². The lowest BCUT2D eigenvalue weighted by Crippen LogP contribution is -2.60. The van der Waals surface area contributed by atoms with E-state index in [1.165, 1.54) is 0 Å². The van der Waals surface area contributed by atoms with Gasteiger partial charge in [-0.2, -0.15) is 10.4 Å². The van der Waals surface area contributed by atoms with Crippen LogP contribution >= 0.6 is 11.6 Å². The number of nitrogens with zero attached hydrogens (tertiary/aromatic N) is 6. The topological polar surface area (TPSA) is 93.6 Å². The molecule has 4 rings (SSSR count). The minimum atomic E-state index is -1.13. The first kappa shape index (κ1) is 21.0. The number of nitrogens with one attached hydrogen (secondary N) is 1. The molecule has 3 aromatic rings. The van der Waals surface area contributed by atoms with Crippen molar-refractivity contribution < 1.29 is 4.74 Å². The van der Waals surface area contributed by atoms with Crippen molar-refractivity contribution in [2.75, 3.05) is 19.7 Å². The quantitative estimate of drug-likeness (QED) is 0.423. The number of aromatic nitrogens is 5. The Balaban J connectivity index is 1.61. The Bertz CT molecular complexity index is 1090. The van der Waals surface area contributed by atoms with Crippen LogP contribution in [0.4, 0.5) is 0 Å². The number of hydrogen-bond donors (Lipinski definition) is 1. The third kappa shape index (κ3) is 4.00. The minimum absolute atomic E-state index is 0.293. The third-order valence-electron chi connectivity index (χ3n) is 5.49. The zero-order valence-corrected chi connectivity index (χ0v) is 19.3. The van der Waals surface area contributed by atoms with Gasteiger partial charge < -0.3 is 14.6 Å². The van der Waals surface area contributed by atoms with Gasteiger partial charge in [-0.05, 0) is 6.04 Å². The van der Waals surface area contributed by atoms with E-state index in [9.17, 15) is 5.26 Å². The molecule has 1 aliphatic rings. The molecule has 0 unspecified atom stereocenters. The lowest BCUT2D eigenvalue weighted by molar-refractivity contribution is 0.0899. The molecule has 0 aliphatic carbocycles. The Morgan fingerprint density at radius 2 is 2.10 bits per heavy atom. The number of rotatable bonds is 8. The van der Waals surface area contributed by atoms with Gasteiger partial charge >= 0.3 is 0 Å². The van der Waals surface area contributed by atoms with Gasteiger partial charge in [0.1, 0.15) is 24.2 Å². The zero-order valence-electron chi connectivity index (χ0n) is 17.5. The second kappa shape index (κ2) is 8.11. The van der Waals surface area contributed by atoms with E-state index < -0.39 is 8.07 Å². The van der Waals surface area contributed by atoms with Gasteiger partial charge in [0, 0.05) is 45.7 Å². The monoisotopic (exact) mass is 443 g/mol. The Kier molecular flexibility index (Phi) is 5.68. The normalized spacial score (nSPS) is 15.8. The maximum absolute atomic E-state index is 9.20. The molecule has 1 saturated heterocycles. The molecule has 30 heavy (non-hydrogen) atoms. The summed E-state index contributed by atoms with van der Waals surface area (Å²) < 4.78 is 9.68.